The molecule has 3 rings (SSSR count). The first-order valence-corrected chi connectivity index (χ1v) is 8.49. The number of benzene rings is 1. The number of nitrogens with two attached hydrogens (primary N) is 1. The molecule has 0 aliphatic heterocycles. The number of primary amides is 1. The number of carbonyl (C=O) groups is 2. The number of rotatable bonds is 3. The van der Waals surface area contributed by atoms with Crippen molar-refractivity contribution in [1.82, 2.24) is 15.6 Å². The van der Waals surface area contributed by atoms with Gasteiger partial charge in [0.2, 0.25) is 0 Å². The molecule has 1 aliphatic carbocycles. The Morgan fingerprint density at radius 3 is 2.52 bits per heavy atom. The van der Waals surface area contributed by atoms with Crippen molar-refractivity contribution in [3.8, 4) is 11.3 Å². The van der Waals surface area contributed by atoms with Crippen LogP contribution in [0.3, 0.4) is 0 Å². The van der Waals surface area contributed by atoms with Crippen LogP contribution in [0.25, 0.3) is 11.3 Å². The van der Waals surface area contributed by atoms with Crippen LogP contribution < -0.4 is 11.2 Å². The predicted molar refractivity (Wildman–Crippen MR) is 92.4 cm³/mol. The van der Waals surface area contributed by atoms with Crippen LogP contribution in [0.5, 0.6) is 0 Å². The molecule has 132 valence electrons. The summed E-state index contributed by atoms with van der Waals surface area (Å²) < 4.78 is 5.21. The average molecular weight is 342 g/mol. The lowest BCUT2D eigenvalue weighted by Gasteiger charge is -2.32. The van der Waals surface area contributed by atoms with Gasteiger partial charge in [-0.1, -0.05) is 54.8 Å². The van der Waals surface area contributed by atoms with Gasteiger partial charge >= 0.3 is 6.03 Å². The molecule has 0 unspecified atom stereocenters. The Balaban J connectivity index is 1.85. The van der Waals surface area contributed by atoms with Crippen LogP contribution in [0.15, 0.2) is 34.9 Å². The molecule has 1 aromatic heterocycles. The summed E-state index contributed by atoms with van der Waals surface area (Å²) >= 11 is 0. The van der Waals surface area contributed by atoms with Crippen molar-refractivity contribution in [2.45, 2.75) is 45.1 Å². The minimum Gasteiger partial charge on any atom is -0.360 e. The SMILES string of the molecule is Cc1onc(-c2ccccc2)c1C(=O)NN(C(N)=O)C1CCCCC1. The number of nitrogens with one attached hydrogen (secondary N) is 1. The van der Waals surface area contributed by atoms with E-state index in [1.165, 1.54) is 5.01 Å². The van der Waals surface area contributed by atoms with E-state index in [0.29, 0.717) is 17.0 Å². The summed E-state index contributed by atoms with van der Waals surface area (Å²) in [5, 5.41) is 5.25. The summed E-state index contributed by atoms with van der Waals surface area (Å²) in [6.07, 6.45) is 4.84. The predicted octanol–water partition coefficient (Wildman–Crippen LogP) is 3.01. The van der Waals surface area contributed by atoms with Gasteiger partial charge in [0, 0.05) is 5.56 Å². The van der Waals surface area contributed by atoms with Crippen LogP contribution in [-0.4, -0.2) is 28.1 Å². The minimum atomic E-state index is -0.657. The lowest BCUT2D eigenvalue weighted by molar-refractivity contribution is 0.0731. The quantitative estimate of drug-likeness (QED) is 0.837. The first-order valence-electron chi connectivity index (χ1n) is 8.49. The summed E-state index contributed by atoms with van der Waals surface area (Å²) in [5.74, 6) is -0.0496. The summed E-state index contributed by atoms with van der Waals surface area (Å²) in [6.45, 7) is 1.67. The van der Waals surface area contributed by atoms with Crippen LogP contribution >= 0.6 is 0 Å². The van der Waals surface area contributed by atoms with E-state index >= 15 is 0 Å². The number of hydrogen-bond acceptors (Lipinski definition) is 4. The molecule has 0 atom stereocenters. The molecule has 1 fully saturated rings. The molecule has 7 heteroatoms. The highest BCUT2D eigenvalue weighted by atomic mass is 16.5. The summed E-state index contributed by atoms with van der Waals surface area (Å²) in [6, 6.07) is 8.57. The Bertz CT molecular complexity index is 751. The number of amides is 3. The average Bonchev–Trinajstić information content (AvgIpc) is 3.02. The van der Waals surface area contributed by atoms with Crippen molar-refractivity contribution in [2.24, 2.45) is 5.73 Å². The van der Waals surface area contributed by atoms with Crippen molar-refractivity contribution >= 4 is 11.9 Å². The molecule has 0 spiro atoms. The fourth-order valence-electron chi connectivity index (χ4n) is 3.26. The van der Waals surface area contributed by atoms with Gasteiger partial charge in [0.25, 0.3) is 5.91 Å². The van der Waals surface area contributed by atoms with Crippen LogP contribution in [-0.2, 0) is 0 Å². The summed E-state index contributed by atoms with van der Waals surface area (Å²) in [7, 11) is 0. The first-order chi connectivity index (χ1) is 12.1. The van der Waals surface area contributed by atoms with Crippen LogP contribution in [0.2, 0.25) is 0 Å². The zero-order valence-corrected chi connectivity index (χ0v) is 14.2. The number of urea groups is 1. The molecule has 1 heterocycles. The van der Waals surface area contributed by atoms with Gasteiger partial charge in [0.15, 0.2) is 0 Å². The van der Waals surface area contributed by atoms with Crippen LogP contribution in [0.1, 0.15) is 48.2 Å². The highest BCUT2D eigenvalue weighted by Gasteiger charge is 2.29. The number of aromatic nitrogens is 1. The van der Waals surface area contributed by atoms with Gasteiger partial charge in [0.1, 0.15) is 17.0 Å². The van der Waals surface area contributed by atoms with Gasteiger partial charge in [-0.05, 0) is 19.8 Å². The number of nitrogens with zero attached hydrogens (tertiary/aromatic N) is 2. The third-order valence-electron chi connectivity index (χ3n) is 4.54. The molecule has 1 aliphatic rings. The third kappa shape index (κ3) is 3.65. The second-order valence-electron chi connectivity index (χ2n) is 6.27. The van der Waals surface area contributed by atoms with Crippen molar-refractivity contribution in [1.29, 1.82) is 0 Å². The minimum absolute atomic E-state index is 0.0736. The lowest BCUT2D eigenvalue weighted by Crippen LogP contribution is -2.54. The summed E-state index contributed by atoms with van der Waals surface area (Å²) in [4.78, 5) is 24.7. The van der Waals surface area contributed by atoms with Crippen molar-refractivity contribution in [2.75, 3.05) is 0 Å². The Hall–Kier alpha value is -2.83. The van der Waals surface area contributed by atoms with Crippen LogP contribution in [0, 0.1) is 6.92 Å². The van der Waals surface area contributed by atoms with E-state index in [1.54, 1.807) is 6.92 Å². The topological polar surface area (TPSA) is 101 Å². The molecular formula is C18H22N4O3. The largest absolute Gasteiger partial charge is 0.360 e. The number of hydrogen-bond donors (Lipinski definition) is 2. The van der Waals surface area contributed by atoms with E-state index in [4.69, 9.17) is 10.3 Å². The molecule has 1 aromatic carbocycles. The monoisotopic (exact) mass is 342 g/mol. The zero-order chi connectivity index (χ0) is 17.8. The van der Waals surface area contributed by atoms with Crippen LogP contribution in [0.4, 0.5) is 4.79 Å². The van der Waals surface area contributed by atoms with E-state index in [0.717, 1.165) is 37.7 Å². The Morgan fingerprint density at radius 1 is 1.20 bits per heavy atom. The number of hydrazine groups is 1. The van der Waals surface area contributed by atoms with Crippen molar-refractivity contribution in [3.63, 3.8) is 0 Å². The molecule has 25 heavy (non-hydrogen) atoms. The molecule has 0 saturated heterocycles. The smallest absolute Gasteiger partial charge is 0.333 e. The zero-order valence-electron chi connectivity index (χ0n) is 14.2. The molecule has 3 N–H and O–H groups in total. The number of aryl methyl sites for hydroxylation is 1. The molecule has 7 nitrogen and oxygen atoms in total. The molecule has 1 saturated carbocycles. The Labute approximate surface area is 146 Å². The lowest BCUT2D eigenvalue weighted by atomic mass is 9.95. The second kappa shape index (κ2) is 7.38. The van der Waals surface area contributed by atoms with E-state index in [9.17, 15) is 9.59 Å². The second-order valence-corrected chi connectivity index (χ2v) is 6.27. The highest BCUT2D eigenvalue weighted by molar-refractivity contribution is 6.01. The Morgan fingerprint density at radius 2 is 1.88 bits per heavy atom. The maximum absolute atomic E-state index is 12.8. The normalized spacial score (nSPS) is 14.9. The molecule has 2 aromatic rings. The number of carbonyl (C=O) groups excluding carboxylic acids is 2. The molecule has 3 amide bonds. The third-order valence-corrected chi connectivity index (χ3v) is 4.54. The Kier molecular flexibility index (Phi) is 5.02. The maximum Gasteiger partial charge on any atom is 0.333 e. The molecule has 0 bridgehead atoms. The van der Waals surface area contributed by atoms with Crippen molar-refractivity contribution in [3.05, 3.63) is 41.7 Å². The molecule has 0 radical (unpaired) electrons. The van der Waals surface area contributed by atoms with E-state index < -0.39 is 11.9 Å². The standard InChI is InChI=1S/C18H22N4O3/c1-12-15(16(21-25-12)13-8-4-2-5-9-13)17(23)20-22(18(19)24)14-10-6-3-7-11-14/h2,4-5,8-9,14H,3,6-7,10-11H2,1H3,(H2,19,24)(H,20,23). The van der Waals surface area contributed by atoms with Gasteiger partial charge in [0.05, 0.1) is 6.04 Å². The van der Waals surface area contributed by atoms with Gasteiger partial charge in [-0.15, -0.1) is 0 Å². The highest BCUT2D eigenvalue weighted by Crippen LogP contribution is 2.26. The van der Waals surface area contributed by atoms with E-state index in [-0.39, 0.29) is 6.04 Å². The van der Waals surface area contributed by atoms with E-state index in [1.807, 2.05) is 30.3 Å². The molecular weight excluding hydrogens is 320 g/mol. The van der Waals surface area contributed by atoms with Crippen molar-refractivity contribution < 1.29 is 14.1 Å². The van der Waals surface area contributed by atoms with Gasteiger partial charge in [-0.25, -0.2) is 9.80 Å². The van der Waals surface area contributed by atoms with Gasteiger partial charge < -0.3 is 10.3 Å². The fraction of sp³-hybridized carbons (Fsp3) is 0.389. The first kappa shape index (κ1) is 17.0. The van der Waals surface area contributed by atoms with E-state index in [2.05, 4.69) is 10.6 Å². The maximum atomic E-state index is 12.8. The fourth-order valence-corrected chi connectivity index (χ4v) is 3.26. The van der Waals surface area contributed by atoms with Gasteiger partial charge in [-0.3, -0.25) is 10.2 Å². The van der Waals surface area contributed by atoms with Gasteiger partial charge in [-0.2, -0.15) is 0 Å². The summed E-state index contributed by atoms with van der Waals surface area (Å²) in [5.41, 5.74) is 9.68.